The van der Waals surface area contributed by atoms with Crippen molar-refractivity contribution in [3.05, 3.63) is 35.4 Å². The fourth-order valence-corrected chi connectivity index (χ4v) is 3.74. The lowest BCUT2D eigenvalue weighted by atomic mass is 10.0. The maximum Gasteiger partial charge on any atom is 0.416 e. The summed E-state index contributed by atoms with van der Waals surface area (Å²) >= 11 is 0. The number of carbonyl (C=O) groups excluding carboxylic acids is 1. The third-order valence-corrected chi connectivity index (χ3v) is 5.25. The van der Waals surface area contributed by atoms with Gasteiger partial charge in [0, 0.05) is 25.4 Å². The molecule has 0 bridgehead atoms. The van der Waals surface area contributed by atoms with Gasteiger partial charge in [-0.05, 0) is 36.8 Å². The van der Waals surface area contributed by atoms with E-state index in [0.717, 1.165) is 31.4 Å². The molecule has 4 atom stereocenters. The fraction of sp³-hybridized carbons (Fsp3) is 0.611. The second kappa shape index (κ2) is 6.39. The Bertz CT molecular complexity index is 617. The maximum atomic E-state index is 12.8. The summed E-state index contributed by atoms with van der Waals surface area (Å²) in [5.41, 5.74) is -0.0852. The van der Waals surface area contributed by atoms with Crippen molar-refractivity contribution in [2.75, 3.05) is 13.6 Å². The van der Waals surface area contributed by atoms with Crippen LogP contribution in [0.5, 0.6) is 0 Å². The van der Waals surface area contributed by atoms with Gasteiger partial charge in [-0.15, -0.1) is 0 Å². The number of halogens is 3. The summed E-state index contributed by atoms with van der Waals surface area (Å²) in [5, 5.41) is 9.87. The molecule has 1 amide bonds. The molecule has 1 aromatic carbocycles. The normalized spacial score (nSPS) is 29.5. The predicted molar refractivity (Wildman–Crippen MR) is 83.3 cm³/mol. The molecule has 2 aliphatic rings. The molecule has 2 aliphatic carbocycles. The van der Waals surface area contributed by atoms with Gasteiger partial charge in [-0.25, -0.2) is 0 Å². The zero-order valence-corrected chi connectivity index (χ0v) is 13.6. The summed E-state index contributed by atoms with van der Waals surface area (Å²) in [6.45, 7) is 0.520. The lowest BCUT2D eigenvalue weighted by molar-refractivity contribution is -0.137. The molecule has 0 radical (unpaired) electrons. The van der Waals surface area contributed by atoms with Crippen LogP contribution in [-0.2, 0) is 11.0 Å². The minimum absolute atomic E-state index is 0.0310. The summed E-state index contributed by atoms with van der Waals surface area (Å²) in [5.74, 6) is -0.283. The lowest BCUT2D eigenvalue weighted by Gasteiger charge is -2.23. The second-order valence-electron chi connectivity index (χ2n) is 7.05. The van der Waals surface area contributed by atoms with Crippen LogP contribution in [0.4, 0.5) is 13.2 Å². The number of nitrogens with zero attached hydrogens (tertiary/aromatic N) is 1. The summed E-state index contributed by atoms with van der Waals surface area (Å²) in [7, 11) is 1.72. The third kappa shape index (κ3) is 3.58. The first-order valence-electron chi connectivity index (χ1n) is 8.37. The summed E-state index contributed by atoms with van der Waals surface area (Å²) < 4.78 is 38.4. The van der Waals surface area contributed by atoms with Gasteiger partial charge in [-0.2, -0.15) is 13.2 Å². The van der Waals surface area contributed by atoms with Gasteiger partial charge in [0.15, 0.2) is 0 Å². The summed E-state index contributed by atoms with van der Waals surface area (Å²) in [6.07, 6.45) is -1.44. The Balaban J connectivity index is 1.61. The molecule has 24 heavy (non-hydrogen) atoms. The minimum atomic E-state index is -4.36. The van der Waals surface area contributed by atoms with E-state index in [1.54, 1.807) is 18.0 Å². The highest BCUT2D eigenvalue weighted by Crippen LogP contribution is 2.49. The quantitative estimate of drug-likeness (QED) is 0.911. The first kappa shape index (κ1) is 17.3. The van der Waals surface area contributed by atoms with E-state index in [2.05, 4.69) is 0 Å². The second-order valence-corrected chi connectivity index (χ2v) is 7.05. The van der Waals surface area contributed by atoms with Crippen LogP contribution < -0.4 is 0 Å². The standard InChI is InChI=1S/C18H22F3NO2/c1-22(10-12-5-3-7-16(12)23)17(24)15-9-14(15)11-4-2-6-13(8-11)18(19,20)21/h2,4,6,8,12,14-16,23H,3,5,7,9-10H2,1H3. The highest BCUT2D eigenvalue weighted by atomic mass is 19.4. The monoisotopic (exact) mass is 341 g/mol. The summed E-state index contributed by atoms with van der Waals surface area (Å²) in [6, 6.07) is 5.26. The fourth-order valence-electron chi connectivity index (χ4n) is 3.74. The number of benzene rings is 1. The van der Waals surface area contributed by atoms with Gasteiger partial charge >= 0.3 is 6.18 Å². The molecule has 0 heterocycles. The van der Waals surface area contributed by atoms with Crippen LogP contribution in [0.1, 0.15) is 42.7 Å². The molecular weight excluding hydrogens is 319 g/mol. The van der Waals surface area contributed by atoms with E-state index in [9.17, 15) is 23.1 Å². The van der Waals surface area contributed by atoms with E-state index in [1.807, 2.05) is 0 Å². The molecule has 0 spiro atoms. The van der Waals surface area contributed by atoms with Crippen molar-refractivity contribution < 1.29 is 23.1 Å². The lowest BCUT2D eigenvalue weighted by Crippen LogP contribution is -2.35. The van der Waals surface area contributed by atoms with Crippen LogP contribution in [-0.4, -0.2) is 35.6 Å². The average Bonchev–Trinajstić information content (AvgIpc) is 3.24. The van der Waals surface area contributed by atoms with Crippen molar-refractivity contribution in [1.29, 1.82) is 0 Å². The van der Waals surface area contributed by atoms with Crippen LogP contribution in [0.3, 0.4) is 0 Å². The number of hydrogen-bond acceptors (Lipinski definition) is 2. The largest absolute Gasteiger partial charge is 0.416 e. The first-order chi connectivity index (χ1) is 11.3. The van der Waals surface area contributed by atoms with E-state index in [4.69, 9.17) is 0 Å². The van der Waals surface area contributed by atoms with E-state index in [0.29, 0.717) is 18.5 Å². The Hall–Kier alpha value is -1.56. The predicted octanol–water partition coefficient (Wildman–Crippen LogP) is 3.43. The Morgan fingerprint density at radius 3 is 2.71 bits per heavy atom. The average molecular weight is 341 g/mol. The zero-order valence-electron chi connectivity index (χ0n) is 13.6. The Labute approximate surface area is 139 Å². The number of carbonyl (C=O) groups is 1. The molecule has 2 fully saturated rings. The highest BCUT2D eigenvalue weighted by molar-refractivity contribution is 5.82. The van der Waals surface area contributed by atoms with Crippen LogP contribution in [0.15, 0.2) is 24.3 Å². The Kier molecular flexibility index (Phi) is 4.60. The maximum absolute atomic E-state index is 12.8. The molecule has 132 valence electrons. The number of aliphatic hydroxyl groups is 1. The Morgan fingerprint density at radius 2 is 2.08 bits per heavy atom. The molecule has 2 saturated carbocycles. The van der Waals surface area contributed by atoms with Crippen molar-refractivity contribution in [2.45, 2.75) is 43.9 Å². The van der Waals surface area contributed by atoms with Gasteiger partial charge in [0.05, 0.1) is 11.7 Å². The van der Waals surface area contributed by atoms with Crippen molar-refractivity contribution in [3.63, 3.8) is 0 Å². The molecule has 1 aromatic rings. The van der Waals surface area contributed by atoms with E-state index < -0.39 is 11.7 Å². The van der Waals surface area contributed by atoms with E-state index >= 15 is 0 Å². The third-order valence-electron chi connectivity index (χ3n) is 5.25. The molecule has 3 nitrogen and oxygen atoms in total. The van der Waals surface area contributed by atoms with Gasteiger partial charge in [0.25, 0.3) is 0 Å². The topological polar surface area (TPSA) is 40.5 Å². The van der Waals surface area contributed by atoms with Gasteiger partial charge in [-0.1, -0.05) is 24.6 Å². The number of rotatable bonds is 4. The molecule has 3 rings (SSSR count). The number of aliphatic hydroxyl groups excluding tert-OH is 1. The molecule has 0 aromatic heterocycles. The van der Waals surface area contributed by atoms with E-state index in [-0.39, 0.29) is 29.8 Å². The summed E-state index contributed by atoms with van der Waals surface area (Å²) in [4.78, 5) is 14.1. The van der Waals surface area contributed by atoms with E-state index in [1.165, 1.54) is 6.07 Å². The molecule has 1 N–H and O–H groups in total. The zero-order chi connectivity index (χ0) is 17.5. The number of amides is 1. The molecule has 6 heteroatoms. The number of alkyl halides is 3. The van der Waals surface area contributed by atoms with Gasteiger partial charge in [0.2, 0.25) is 5.91 Å². The van der Waals surface area contributed by atoms with Crippen molar-refractivity contribution in [3.8, 4) is 0 Å². The Morgan fingerprint density at radius 1 is 1.33 bits per heavy atom. The molecule has 0 saturated heterocycles. The van der Waals surface area contributed by atoms with Crippen molar-refractivity contribution in [2.24, 2.45) is 11.8 Å². The number of hydrogen-bond donors (Lipinski definition) is 1. The van der Waals surface area contributed by atoms with Gasteiger partial charge in [-0.3, -0.25) is 4.79 Å². The molecule has 0 aliphatic heterocycles. The van der Waals surface area contributed by atoms with Crippen LogP contribution in [0.2, 0.25) is 0 Å². The van der Waals surface area contributed by atoms with Crippen LogP contribution >= 0.6 is 0 Å². The van der Waals surface area contributed by atoms with Crippen LogP contribution in [0, 0.1) is 11.8 Å². The minimum Gasteiger partial charge on any atom is -0.393 e. The van der Waals surface area contributed by atoms with Gasteiger partial charge in [0.1, 0.15) is 0 Å². The van der Waals surface area contributed by atoms with Crippen molar-refractivity contribution in [1.82, 2.24) is 4.90 Å². The van der Waals surface area contributed by atoms with Crippen molar-refractivity contribution >= 4 is 5.91 Å². The SMILES string of the molecule is CN(CC1CCCC1O)C(=O)C1CC1c1cccc(C(F)(F)F)c1. The molecule has 4 unspecified atom stereocenters. The first-order valence-corrected chi connectivity index (χ1v) is 8.37. The van der Waals surface area contributed by atoms with Crippen LogP contribution in [0.25, 0.3) is 0 Å². The van der Waals surface area contributed by atoms with Gasteiger partial charge < -0.3 is 10.0 Å². The molecular formula is C18H22F3NO2. The highest BCUT2D eigenvalue weighted by Gasteiger charge is 2.46. The smallest absolute Gasteiger partial charge is 0.393 e.